The molecule has 4 rings (SSSR count). The lowest BCUT2D eigenvalue weighted by Crippen LogP contribution is -2.45. The lowest BCUT2D eigenvalue weighted by Gasteiger charge is -2.38. The van der Waals surface area contributed by atoms with Gasteiger partial charge in [0.25, 0.3) is 0 Å². The van der Waals surface area contributed by atoms with Gasteiger partial charge in [-0.1, -0.05) is 48.0 Å². The molecule has 0 unspecified atom stereocenters. The fourth-order valence-corrected chi connectivity index (χ4v) is 4.76. The van der Waals surface area contributed by atoms with E-state index in [1.54, 1.807) is 0 Å². The van der Waals surface area contributed by atoms with Crippen LogP contribution in [-0.2, 0) is 27.9 Å². The van der Waals surface area contributed by atoms with Crippen molar-refractivity contribution in [2.75, 3.05) is 19.8 Å². The first-order valence-corrected chi connectivity index (χ1v) is 10.7. The Morgan fingerprint density at radius 2 is 1.86 bits per heavy atom. The molecular weight excluding hydrogens is 384 g/mol. The highest BCUT2D eigenvalue weighted by Gasteiger charge is 2.36. The van der Waals surface area contributed by atoms with E-state index in [0.29, 0.717) is 26.2 Å². The van der Waals surface area contributed by atoms with Crippen LogP contribution in [0.25, 0.3) is 10.9 Å². The summed E-state index contributed by atoms with van der Waals surface area (Å²) >= 11 is 6.52. The third-order valence-electron chi connectivity index (χ3n) is 6.08. The average Bonchev–Trinajstić information content (AvgIpc) is 3.11. The van der Waals surface area contributed by atoms with Crippen molar-refractivity contribution >= 4 is 28.4 Å². The van der Waals surface area contributed by atoms with Gasteiger partial charge in [0.15, 0.2) is 0 Å². The molecule has 3 aromatic rings. The second kappa shape index (κ2) is 8.60. The topological polar surface area (TPSA) is 43.3 Å². The number of fused-ring (bicyclic) bond motifs is 1. The van der Waals surface area contributed by atoms with Crippen LogP contribution in [0, 0.1) is 0 Å². The van der Waals surface area contributed by atoms with Crippen LogP contribution < -0.4 is 5.32 Å². The second-order valence-corrected chi connectivity index (χ2v) is 8.19. The molecule has 4 nitrogen and oxygen atoms in total. The molecule has 0 spiro atoms. The summed E-state index contributed by atoms with van der Waals surface area (Å²) in [7, 11) is 0. The Balaban J connectivity index is 1.52. The first-order valence-electron chi connectivity index (χ1n) is 10.3. The van der Waals surface area contributed by atoms with Gasteiger partial charge in [-0.3, -0.25) is 4.79 Å². The number of para-hydroxylation sites is 1. The van der Waals surface area contributed by atoms with E-state index in [1.807, 2.05) is 30.3 Å². The number of halogens is 1. The smallest absolute Gasteiger partial charge is 0.224 e. The van der Waals surface area contributed by atoms with E-state index >= 15 is 0 Å². The number of ether oxygens (including phenoxy) is 1. The van der Waals surface area contributed by atoms with Crippen LogP contribution in [-0.4, -0.2) is 30.2 Å². The standard InChI is InChI=1S/C24H27ClN2O2/c1-2-27-16-18(19-7-3-6-10-22(19)27)15-23(28)26-17-24(11-13-29-14-12-24)20-8-4-5-9-21(20)25/h3-10,16H,2,11-15,17H2,1H3,(H,26,28). The van der Waals surface area contributed by atoms with Gasteiger partial charge < -0.3 is 14.6 Å². The zero-order valence-electron chi connectivity index (χ0n) is 16.8. The summed E-state index contributed by atoms with van der Waals surface area (Å²) in [6, 6.07) is 16.2. The number of rotatable bonds is 6. The number of carbonyl (C=O) groups excluding carboxylic acids is 1. The van der Waals surface area contributed by atoms with Crippen molar-refractivity contribution in [1.82, 2.24) is 9.88 Å². The minimum absolute atomic E-state index is 0.0435. The number of hydrogen-bond acceptors (Lipinski definition) is 2. The number of aryl methyl sites for hydroxylation is 1. The van der Waals surface area contributed by atoms with Crippen molar-refractivity contribution in [3.05, 3.63) is 70.9 Å². The molecule has 1 aliphatic heterocycles. The number of nitrogens with one attached hydrogen (secondary N) is 1. The van der Waals surface area contributed by atoms with Crippen LogP contribution in [0.4, 0.5) is 0 Å². The fraction of sp³-hybridized carbons (Fsp3) is 0.375. The molecule has 29 heavy (non-hydrogen) atoms. The molecule has 0 bridgehead atoms. The number of hydrogen-bond donors (Lipinski definition) is 1. The van der Waals surface area contributed by atoms with Crippen molar-refractivity contribution in [2.24, 2.45) is 0 Å². The molecule has 0 atom stereocenters. The first-order chi connectivity index (χ1) is 14.1. The number of amides is 1. The quantitative estimate of drug-likeness (QED) is 0.638. The molecule has 2 aromatic carbocycles. The van der Waals surface area contributed by atoms with Crippen LogP contribution >= 0.6 is 11.6 Å². The Morgan fingerprint density at radius 3 is 2.62 bits per heavy atom. The molecule has 1 aliphatic rings. The summed E-state index contributed by atoms with van der Waals surface area (Å²) in [6.07, 6.45) is 4.18. The van der Waals surface area contributed by atoms with Gasteiger partial charge in [-0.15, -0.1) is 0 Å². The Labute approximate surface area is 176 Å². The normalized spacial score (nSPS) is 16.1. The largest absolute Gasteiger partial charge is 0.381 e. The molecule has 1 saturated heterocycles. The summed E-state index contributed by atoms with van der Waals surface area (Å²) in [6.45, 7) is 4.95. The Bertz CT molecular complexity index is 1010. The van der Waals surface area contributed by atoms with Crippen LogP contribution in [0.2, 0.25) is 5.02 Å². The summed E-state index contributed by atoms with van der Waals surface area (Å²) in [5.74, 6) is 0.0435. The minimum atomic E-state index is -0.177. The van der Waals surface area contributed by atoms with E-state index in [4.69, 9.17) is 16.3 Å². The van der Waals surface area contributed by atoms with Gasteiger partial charge in [-0.05, 0) is 43.0 Å². The highest BCUT2D eigenvalue weighted by atomic mass is 35.5. The molecule has 0 radical (unpaired) electrons. The maximum absolute atomic E-state index is 12.9. The van der Waals surface area contributed by atoms with Crippen molar-refractivity contribution in [3.63, 3.8) is 0 Å². The molecule has 5 heteroatoms. The summed E-state index contributed by atoms with van der Waals surface area (Å²) in [5, 5.41) is 5.11. The Morgan fingerprint density at radius 1 is 1.14 bits per heavy atom. The molecule has 1 fully saturated rings. The zero-order chi connectivity index (χ0) is 20.3. The number of aromatic nitrogens is 1. The van der Waals surface area contributed by atoms with Crippen LogP contribution in [0.3, 0.4) is 0 Å². The molecule has 1 N–H and O–H groups in total. The molecule has 1 amide bonds. The summed E-state index contributed by atoms with van der Waals surface area (Å²) in [4.78, 5) is 12.9. The van der Waals surface area contributed by atoms with Gasteiger partial charge in [-0.2, -0.15) is 0 Å². The fourth-order valence-electron chi connectivity index (χ4n) is 4.42. The molecule has 1 aromatic heterocycles. The van der Waals surface area contributed by atoms with E-state index in [0.717, 1.165) is 40.9 Å². The van der Waals surface area contributed by atoms with E-state index in [2.05, 4.69) is 41.2 Å². The maximum atomic E-state index is 12.9. The number of benzene rings is 2. The van der Waals surface area contributed by atoms with Crippen LogP contribution in [0.5, 0.6) is 0 Å². The summed E-state index contributed by atoms with van der Waals surface area (Å²) < 4.78 is 7.79. The highest BCUT2D eigenvalue weighted by molar-refractivity contribution is 6.31. The maximum Gasteiger partial charge on any atom is 0.224 e. The molecular formula is C24H27ClN2O2. The predicted octanol–water partition coefficient (Wildman–Crippen LogP) is 4.72. The predicted molar refractivity (Wildman–Crippen MR) is 118 cm³/mol. The van der Waals surface area contributed by atoms with E-state index in [-0.39, 0.29) is 11.3 Å². The van der Waals surface area contributed by atoms with Crippen molar-refractivity contribution in [2.45, 2.75) is 38.1 Å². The van der Waals surface area contributed by atoms with E-state index in [1.165, 1.54) is 5.52 Å². The number of carbonyl (C=O) groups is 1. The molecule has 0 saturated carbocycles. The minimum Gasteiger partial charge on any atom is -0.381 e. The molecule has 0 aliphatic carbocycles. The van der Waals surface area contributed by atoms with Gasteiger partial charge in [0, 0.05) is 53.8 Å². The van der Waals surface area contributed by atoms with E-state index in [9.17, 15) is 4.79 Å². The Kier molecular flexibility index (Phi) is 5.93. The van der Waals surface area contributed by atoms with E-state index < -0.39 is 0 Å². The molecule has 152 valence electrons. The van der Waals surface area contributed by atoms with Crippen molar-refractivity contribution in [3.8, 4) is 0 Å². The first kappa shape index (κ1) is 20.0. The van der Waals surface area contributed by atoms with Gasteiger partial charge in [0.2, 0.25) is 5.91 Å². The monoisotopic (exact) mass is 410 g/mol. The highest BCUT2D eigenvalue weighted by Crippen LogP contribution is 2.38. The van der Waals surface area contributed by atoms with Crippen molar-refractivity contribution < 1.29 is 9.53 Å². The lowest BCUT2D eigenvalue weighted by molar-refractivity contribution is -0.120. The lowest BCUT2D eigenvalue weighted by atomic mass is 9.74. The van der Waals surface area contributed by atoms with Crippen molar-refractivity contribution in [1.29, 1.82) is 0 Å². The Hall–Kier alpha value is -2.30. The zero-order valence-corrected chi connectivity index (χ0v) is 17.5. The van der Waals surface area contributed by atoms with Gasteiger partial charge in [0.05, 0.1) is 6.42 Å². The van der Waals surface area contributed by atoms with Gasteiger partial charge >= 0.3 is 0 Å². The average molecular weight is 411 g/mol. The second-order valence-electron chi connectivity index (χ2n) is 7.78. The summed E-state index contributed by atoms with van der Waals surface area (Å²) in [5.41, 5.74) is 3.17. The van der Waals surface area contributed by atoms with Crippen LogP contribution in [0.15, 0.2) is 54.7 Å². The number of nitrogens with zero attached hydrogens (tertiary/aromatic N) is 1. The molecule has 2 heterocycles. The SMILES string of the molecule is CCn1cc(CC(=O)NCC2(c3ccccc3Cl)CCOCC2)c2ccccc21. The third kappa shape index (κ3) is 4.05. The van der Waals surface area contributed by atoms with Crippen LogP contribution in [0.1, 0.15) is 30.9 Å². The third-order valence-corrected chi connectivity index (χ3v) is 6.41. The van der Waals surface area contributed by atoms with Gasteiger partial charge in [-0.25, -0.2) is 0 Å². The van der Waals surface area contributed by atoms with Gasteiger partial charge in [0.1, 0.15) is 0 Å².